The second-order valence-corrected chi connectivity index (χ2v) is 7.46. The third kappa shape index (κ3) is 11.7. The van der Waals surface area contributed by atoms with Gasteiger partial charge in [0.2, 0.25) is 16.7 Å². The van der Waals surface area contributed by atoms with Crippen LogP contribution in [-0.4, -0.2) is 38.3 Å². The van der Waals surface area contributed by atoms with Gasteiger partial charge in [0, 0.05) is 19.6 Å². The van der Waals surface area contributed by atoms with Gasteiger partial charge in [0.15, 0.2) is 0 Å². The third-order valence-corrected chi connectivity index (χ3v) is 4.64. The molecule has 1 atom stereocenters. The normalized spacial score (nSPS) is 13.7. The van der Waals surface area contributed by atoms with Crippen molar-refractivity contribution in [1.29, 1.82) is 0 Å². The molecule has 0 N–H and O–H groups in total. The van der Waals surface area contributed by atoms with Crippen LogP contribution in [0.15, 0.2) is 30.3 Å². The summed E-state index contributed by atoms with van der Waals surface area (Å²) in [6.07, 6.45) is 4.82. The van der Waals surface area contributed by atoms with Gasteiger partial charge >= 0.3 is 29.6 Å². The molecule has 0 bridgehead atoms. The first-order chi connectivity index (χ1) is 13.4. The summed E-state index contributed by atoms with van der Waals surface area (Å²) in [5.74, 6) is -1.53. The van der Waals surface area contributed by atoms with Gasteiger partial charge < -0.3 is 18.8 Å². The molecular formula is C20H33NaO7S. The van der Waals surface area contributed by atoms with Gasteiger partial charge in [-0.1, -0.05) is 57.2 Å². The van der Waals surface area contributed by atoms with Crippen LogP contribution in [0.3, 0.4) is 0 Å². The Morgan fingerprint density at radius 3 is 2.00 bits per heavy atom. The van der Waals surface area contributed by atoms with Crippen LogP contribution >= 0.6 is 0 Å². The number of hydrogen-bond donors (Lipinski definition) is 0. The zero-order valence-corrected chi connectivity index (χ0v) is 20.9. The topological polar surface area (TPSA) is 94.1 Å². The van der Waals surface area contributed by atoms with E-state index in [2.05, 4.69) is 6.92 Å². The Bertz CT molecular complexity index is 621. The van der Waals surface area contributed by atoms with Crippen molar-refractivity contribution in [1.82, 2.24) is 0 Å². The molecule has 1 aromatic rings. The van der Waals surface area contributed by atoms with E-state index >= 15 is 0 Å². The largest absolute Gasteiger partial charge is 1.00 e. The number of benzene rings is 1. The average Bonchev–Trinajstić information content (AvgIpc) is 2.64. The van der Waals surface area contributed by atoms with Crippen molar-refractivity contribution in [2.45, 2.75) is 77.8 Å². The molecule has 162 valence electrons. The van der Waals surface area contributed by atoms with Crippen LogP contribution < -0.4 is 34.3 Å². The molecule has 0 aliphatic heterocycles. The van der Waals surface area contributed by atoms with Gasteiger partial charge in [0.25, 0.3) is 5.79 Å². The van der Waals surface area contributed by atoms with Crippen LogP contribution in [0, 0.1) is 0 Å². The summed E-state index contributed by atoms with van der Waals surface area (Å²) < 4.78 is 56.7. The Morgan fingerprint density at radius 2 is 1.48 bits per heavy atom. The Kier molecular flexibility index (Phi) is 15.5. The van der Waals surface area contributed by atoms with Crippen molar-refractivity contribution in [3.8, 4) is 5.75 Å². The van der Waals surface area contributed by atoms with Crippen molar-refractivity contribution in [3.05, 3.63) is 30.3 Å². The van der Waals surface area contributed by atoms with Crippen molar-refractivity contribution in [2.75, 3.05) is 13.2 Å². The Labute approximate surface area is 197 Å². The fraction of sp³-hybridized carbons (Fsp3) is 0.700. The Hall–Kier alpha value is -0.190. The van der Waals surface area contributed by atoms with Crippen LogP contribution in [0.4, 0.5) is 0 Å². The van der Waals surface area contributed by atoms with E-state index in [4.69, 9.17) is 18.4 Å². The van der Waals surface area contributed by atoms with E-state index in [-0.39, 0.29) is 49.2 Å². The van der Waals surface area contributed by atoms with E-state index in [1.807, 2.05) is 0 Å². The molecule has 9 heteroatoms. The minimum atomic E-state index is -5.07. The number of ether oxygens (including phenoxy) is 3. The summed E-state index contributed by atoms with van der Waals surface area (Å²) >= 11 is 0. The minimum absolute atomic E-state index is 0. The fourth-order valence-corrected chi connectivity index (χ4v) is 3.47. The first-order valence-corrected chi connectivity index (χ1v) is 11.3. The van der Waals surface area contributed by atoms with Crippen LogP contribution in [-0.2, 0) is 24.1 Å². The molecule has 0 spiro atoms. The fourth-order valence-electron chi connectivity index (χ4n) is 2.93. The second-order valence-electron chi connectivity index (χ2n) is 6.48. The molecule has 0 aliphatic rings. The predicted molar refractivity (Wildman–Crippen MR) is 106 cm³/mol. The second kappa shape index (κ2) is 15.6. The standard InChI is InChI=1S/C20H34O7S.Na/c1-4-7-8-9-10-14-17-20(27-28(21,22)23,19(24-5-2)25-6-3)26-18-15-12-11-13-16-18;/h11-13,15-16,19H,4-10,14,17H2,1-3H3,(H,21,22,23);/q;+1/p-1. The average molecular weight is 441 g/mol. The molecule has 0 heterocycles. The molecule has 0 saturated carbocycles. The van der Waals surface area contributed by atoms with E-state index in [0.29, 0.717) is 12.2 Å². The van der Waals surface area contributed by atoms with Crippen molar-refractivity contribution >= 4 is 10.4 Å². The van der Waals surface area contributed by atoms with Gasteiger partial charge in [0.1, 0.15) is 5.75 Å². The first-order valence-electron chi connectivity index (χ1n) is 10.0. The molecule has 0 saturated heterocycles. The van der Waals surface area contributed by atoms with E-state index in [0.717, 1.165) is 32.1 Å². The maximum Gasteiger partial charge on any atom is 1.00 e. The third-order valence-electron chi connectivity index (χ3n) is 4.15. The van der Waals surface area contributed by atoms with Gasteiger partial charge in [-0.05, 0) is 32.4 Å². The molecule has 0 radical (unpaired) electrons. The number of hydrogen-bond acceptors (Lipinski definition) is 7. The molecule has 29 heavy (non-hydrogen) atoms. The minimum Gasteiger partial charge on any atom is -0.725 e. The quantitative estimate of drug-likeness (QED) is 0.126. The number of rotatable bonds is 16. The summed E-state index contributed by atoms with van der Waals surface area (Å²) in [4.78, 5) is 0. The van der Waals surface area contributed by atoms with Gasteiger partial charge in [-0.3, -0.25) is 0 Å². The summed E-state index contributed by atoms with van der Waals surface area (Å²) in [7, 11) is -5.07. The number of unbranched alkanes of at least 4 members (excludes halogenated alkanes) is 5. The monoisotopic (exact) mass is 440 g/mol. The van der Waals surface area contributed by atoms with Crippen LogP contribution in [0.2, 0.25) is 0 Å². The Balaban J connectivity index is 0.00000784. The predicted octanol–water partition coefficient (Wildman–Crippen LogP) is 1.39. The summed E-state index contributed by atoms with van der Waals surface area (Å²) in [5.41, 5.74) is 0. The maximum atomic E-state index is 11.6. The zero-order valence-electron chi connectivity index (χ0n) is 18.1. The van der Waals surface area contributed by atoms with Crippen molar-refractivity contribution in [3.63, 3.8) is 0 Å². The molecule has 0 aromatic heterocycles. The molecule has 1 aromatic carbocycles. The smallest absolute Gasteiger partial charge is 0.725 e. The maximum absolute atomic E-state index is 11.6. The van der Waals surface area contributed by atoms with E-state index in [1.165, 1.54) is 0 Å². The van der Waals surface area contributed by atoms with Gasteiger partial charge in [-0.25, -0.2) is 12.6 Å². The van der Waals surface area contributed by atoms with Crippen molar-refractivity contribution in [2.24, 2.45) is 0 Å². The molecule has 0 aliphatic carbocycles. The zero-order chi connectivity index (χ0) is 20.9. The summed E-state index contributed by atoms with van der Waals surface area (Å²) in [6.45, 7) is 6.11. The van der Waals surface area contributed by atoms with E-state index < -0.39 is 22.5 Å². The SMILES string of the molecule is CCCCCCCCC(Oc1ccccc1)(OS(=O)(=O)[O-])C(OCC)OCC.[Na+]. The molecule has 0 fully saturated rings. The first kappa shape index (κ1) is 28.8. The van der Waals surface area contributed by atoms with Crippen LogP contribution in [0.1, 0.15) is 65.7 Å². The molecule has 1 rings (SSSR count). The van der Waals surface area contributed by atoms with E-state index in [9.17, 15) is 13.0 Å². The summed E-state index contributed by atoms with van der Waals surface area (Å²) in [5, 5.41) is 0. The van der Waals surface area contributed by atoms with Gasteiger partial charge in [-0.15, -0.1) is 0 Å². The Morgan fingerprint density at radius 1 is 0.931 bits per heavy atom. The van der Waals surface area contributed by atoms with E-state index in [1.54, 1.807) is 44.2 Å². The van der Waals surface area contributed by atoms with Crippen molar-refractivity contribution < 1.29 is 60.9 Å². The van der Waals surface area contributed by atoms with Gasteiger partial charge in [0.05, 0.1) is 0 Å². The molecule has 7 nitrogen and oxygen atoms in total. The molecular weight excluding hydrogens is 407 g/mol. The molecule has 0 amide bonds. The van der Waals surface area contributed by atoms with Crippen LogP contribution in [0.25, 0.3) is 0 Å². The van der Waals surface area contributed by atoms with Gasteiger partial charge in [-0.2, -0.15) is 0 Å². The van der Waals surface area contributed by atoms with Crippen LogP contribution in [0.5, 0.6) is 5.75 Å². The number of para-hydroxylation sites is 1. The summed E-state index contributed by atoms with van der Waals surface area (Å²) in [6, 6.07) is 8.60. The molecule has 1 unspecified atom stereocenters.